The van der Waals surface area contributed by atoms with E-state index in [1.165, 1.54) is 18.3 Å². The summed E-state index contributed by atoms with van der Waals surface area (Å²) in [5.41, 5.74) is 1.99. The number of amides is 2. The average molecular weight is 398 g/mol. The monoisotopic (exact) mass is 397 g/mol. The number of unbranched alkanes of at least 4 members (excludes halogenated alkanes) is 2. The summed E-state index contributed by atoms with van der Waals surface area (Å²) in [6.45, 7) is 4.26. The zero-order valence-corrected chi connectivity index (χ0v) is 16.8. The number of rotatable bonds is 8. The van der Waals surface area contributed by atoms with E-state index in [4.69, 9.17) is 4.74 Å². The van der Waals surface area contributed by atoms with Crippen molar-refractivity contribution in [3.63, 3.8) is 0 Å². The number of carbonyl (C=O) groups excluding carboxylic acids is 2. The van der Waals surface area contributed by atoms with Crippen molar-refractivity contribution in [2.75, 3.05) is 17.2 Å². The van der Waals surface area contributed by atoms with E-state index in [-0.39, 0.29) is 11.8 Å². The van der Waals surface area contributed by atoms with Crippen LogP contribution in [0.3, 0.4) is 0 Å². The van der Waals surface area contributed by atoms with E-state index in [0.29, 0.717) is 28.7 Å². The van der Waals surface area contributed by atoms with Crippen LogP contribution in [0.2, 0.25) is 0 Å². The molecule has 146 valence electrons. The molecule has 7 heteroatoms. The van der Waals surface area contributed by atoms with E-state index in [2.05, 4.69) is 22.5 Å². The van der Waals surface area contributed by atoms with Gasteiger partial charge in [-0.05, 0) is 42.8 Å². The number of carbonyl (C=O) groups is 2. The zero-order valence-electron chi connectivity index (χ0n) is 16.0. The second kappa shape index (κ2) is 9.32. The van der Waals surface area contributed by atoms with Crippen LogP contribution in [0, 0.1) is 0 Å². The van der Waals surface area contributed by atoms with Gasteiger partial charge in [0.05, 0.1) is 16.8 Å². The third-order valence-electron chi connectivity index (χ3n) is 4.04. The molecule has 0 unspecified atom stereocenters. The van der Waals surface area contributed by atoms with Gasteiger partial charge < -0.3 is 10.1 Å². The van der Waals surface area contributed by atoms with E-state index >= 15 is 0 Å². The van der Waals surface area contributed by atoms with Crippen molar-refractivity contribution in [3.05, 3.63) is 48.0 Å². The van der Waals surface area contributed by atoms with Gasteiger partial charge in [0.15, 0.2) is 5.13 Å². The van der Waals surface area contributed by atoms with Crippen molar-refractivity contribution in [1.82, 2.24) is 4.98 Å². The molecule has 0 aliphatic carbocycles. The number of thiazole rings is 1. The topological polar surface area (TPSA) is 80.3 Å². The Morgan fingerprint density at radius 1 is 1.11 bits per heavy atom. The first kappa shape index (κ1) is 19.8. The van der Waals surface area contributed by atoms with Crippen molar-refractivity contribution in [2.45, 2.75) is 33.1 Å². The third kappa shape index (κ3) is 5.29. The highest BCUT2D eigenvalue weighted by atomic mass is 32.1. The lowest BCUT2D eigenvalue weighted by atomic mass is 10.2. The van der Waals surface area contributed by atoms with E-state index in [9.17, 15) is 9.59 Å². The molecule has 28 heavy (non-hydrogen) atoms. The van der Waals surface area contributed by atoms with Crippen LogP contribution >= 0.6 is 11.3 Å². The van der Waals surface area contributed by atoms with Crippen LogP contribution in [0.25, 0.3) is 10.2 Å². The molecule has 2 N–H and O–H groups in total. The fourth-order valence-electron chi connectivity index (χ4n) is 2.70. The lowest BCUT2D eigenvalue weighted by Gasteiger charge is -2.07. The summed E-state index contributed by atoms with van der Waals surface area (Å²) in [6.07, 6.45) is 3.26. The molecule has 3 aromatic rings. The van der Waals surface area contributed by atoms with Crippen molar-refractivity contribution < 1.29 is 14.3 Å². The number of benzene rings is 2. The molecule has 6 nitrogen and oxygen atoms in total. The minimum atomic E-state index is -0.236. The summed E-state index contributed by atoms with van der Waals surface area (Å²) in [4.78, 5) is 28.2. The number of anilines is 2. The first-order valence-electron chi connectivity index (χ1n) is 9.27. The van der Waals surface area contributed by atoms with Gasteiger partial charge in [0, 0.05) is 18.2 Å². The average Bonchev–Trinajstić information content (AvgIpc) is 3.06. The molecular weight excluding hydrogens is 374 g/mol. The van der Waals surface area contributed by atoms with Crippen LogP contribution in [0.5, 0.6) is 5.75 Å². The van der Waals surface area contributed by atoms with Crippen LogP contribution in [0.4, 0.5) is 10.8 Å². The van der Waals surface area contributed by atoms with Gasteiger partial charge in [0.25, 0.3) is 5.91 Å². The van der Waals surface area contributed by atoms with E-state index < -0.39 is 0 Å². The van der Waals surface area contributed by atoms with E-state index in [0.717, 1.165) is 29.5 Å². The number of nitrogens with zero attached hydrogens (tertiary/aromatic N) is 1. The molecule has 2 aromatic carbocycles. The van der Waals surface area contributed by atoms with E-state index in [1.807, 2.05) is 24.3 Å². The van der Waals surface area contributed by atoms with Gasteiger partial charge in [-0.1, -0.05) is 37.2 Å². The fraction of sp³-hybridized carbons (Fsp3) is 0.286. The Morgan fingerprint density at radius 3 is 2.75 bits per heavy atom. The van der Waals surface area contributed by atoms with Crippen molar-refractivity contribution in [2.24, 2.45) is 0 Å². The zero-order chi connectivity index (χ0) is 19.9. The Bertz CT molecular complexity index is 984. The van der Waals surface area contributed by atoms with Crippen LogP contribution in [0.15, 0.2) is 42.5 Å². The highest BCUT2D eigenvalue weighted by Crippen LogP contribution is 2.29. The van der Waals surface area contributed by atoms with Crippen molar-refractivity contribution in [3.8, 4) is 5.75 Å². The predicted molar refractivity (Wildman–Crippen MR) is 113 cm³/mol. The lowest BCUT2D eigenvalue weighted by Crippen LogP contribution is -2.11. The standard InChI is InChI=1S/C21H23N3O3S/c1-3-4-5-11-27-17-8-6-7-15(12-17)20(26)24-21-23-18-10-9-16(22-14(2)25)13-19(18)28-21/h6-10,12-13H,3-5,11H2,1-2H3,(H,22,25)(H,23,24,26). The first-order valence-corrected chi connectivity index (χ1v) is 10.1. The summed E-state index contributed by atoms with van der Waals surface area (Å²) in [5.74, 6) is 0.322. The second-order valence-corrected chi connectivity index (χ2v) is 7.45. The normalized spacial score (nSPS) is 10.6. The number of ether oxygens (including phenoxy) is 1. The highest BCUT2D eigenvalue weighted by Gasteiger charge is 2.11. The Morgan fingerprint density at radius 2 is 1.96 bits per heavy atom. The van der Waals surface area contributed by atoms with Crippen molar-refractivity contribution in [1.29, 1.82) is 0 Å². The molecule has 0 saturated carbocycles. The van der Waals surface area contributed by atoms with Gasteiger partial charge in [-0.3, -0.25) is 14.9 Å². The maximum Gasteiger partial charge on any atom is 0.257 e. The molecule has 0 radical (unpaired) electrons. The largest absolute Gasteiger partial charge is 0.494 e. The number of fused-ring (bicyclic) bond motifs is 1. The maximum absolute atomic E-state index is 12.6. The molecule has 0 aliphatic heterocycles. The maximum atomic E-state index is 12.6. The number of hydrogen-bond donors (Lipinski definition) is 2. The first-order chi connectivity index (χ1) is 13.5. The molecule has 0 saturated heterocycles. The number of nitrogens with one attached hydrogen (secondary N) is 2. The van der Waals surface area contributed by atoms with Crippen LogP contribution in [-0.2, 0) is 4.79 Å². The number of hydrogen-bond acceptors (Lipinski definition) is 5. The van der Waals surface area contributed by atoms with E-state index in [1.54, 1.807) is 18.2 Å². The molecule has 1 aromatic heterocycles. The molecule has 0 aliphatic rings. The molecule has 1 heterocycles. The Hall–Kier alpha value is -2.93. The lowest BCUT2D eigenvalue weighted by molar-refractivity contribution is -0.114. The quantitative estimate of drug-likeness (QED) is 0.520. The summed E-state index contributed by atoms with van der Waals surface area (Å²) < 4.78 is 6.60. The summed E-state index contributed by atoms with van der Waals surface area (Å²) in [6, 6.07) is 12.6. The Balaban J connectivity index is 1.67. The van der Waals surface area contributed by atoms with Crippen LogP contribution in [0.1, 0.15) is 43.5 Å². The molecule has 3 rings (SSSR count). The van der Waals surface area contributed by atoms with Crippen molar-refractivity contribution >= 4 is 44.2 Å². The Labute approximate surface area is 167 Å². The minimum absolute atomic E-state index is 0.130. The van der Waals surface area contributed by atoms with Gasteiger partial charge in [0.1, 0.15) is 5.75 Å². The summed E-state index contributed by atoms with van der Waals surface area (Å²) in [7, 11) is 0. The highest BCUT2D eigenvalue weighted by molar-refractivity contribution is 7.22. The summed E-state index contributed by atoms with van der Waals surface area (Å²) >= 11 is 1.36. The second-order valence-electron chi connectivity index (χ2n) is 6.42. The molecule has 2 amide bonds. The predicted octanol–water partition coefficient (Wildman–Crippen LogP) is 5.08. The minimum Gasteiger partial charge on any atom is -0.494 e. The Kier molecular flexibility index (Phi) is 6.60. The molecule has 0 bridgehead atoms. The molecular formula is C21H23N3O3S. The van der Waals surface area contributed by atoms with Gasteiger partial charge >= 0.3 is 0 Å². The molecule has 0 atom stereocenters. The molecule has 0 spiro atoms. The van der Waals surface area contributed by atoms with Gasteiger partial charge in [0.2, 0.25) is 5.91 Å². The van der Waals surface area contributed by atoms with Gasteiger partial charge in [-0.15, -0.1) is 0 Å². The summed E-state index contributed by atoms with van der Waals surface area (Å²) in [5, 5.41) is 6.09. The third-order valence-corrected chi connectivity index (χ3v) is 4.98. The van der Waals surface area contributed by atoms with Crippen LogP contribution in [-0.4, -0.2) is 23.4 Å². The fourth-order valence-corrected chi connectivity index (χ4v) is 3.60. The SMILES string of the molecule is CCCCCOc1cccc(C(=O)Nc2nc3ccc(NC(C)=O)cc3s2)c1. The number of aromatic nitrogens is 1. The molecule has 0 fully saturated rings. The van der Waals surface area contributed by atoms with Crippen LogP contribution < -0.4 is 15.4 Å². The smallest absolute Gasteiger partial charge is 0.257 e. The van der Waals surface area contributed by atoms with Gasteiger partial charge in [-0.2, -0.15) is 0 Å². The van der Waals surface area contributed by atoms with Gasteiger partial charge in [-0.25, -0.2) is 4.98 Å².